The molecule has 1 amide bonds. The van der Waals surface area contributed by atoms with Crippen molar-refractivity contribution in [3.63, 3.8) is 0 Å². The second-order valence-corrected chi connectivity index (χ2v) is 7.34. The Balaban J connectivity index is 1.72. The quantitative estimate of drug-likeness (QED) is 0.733. The Morgan fingerprint density at radius 2 is 2.17 bits per heavy atom. The number of carbonyl (C=O) groups is 1. The molecule has 0 aromatic carbocycles. The zero-order valence-electron chi connectivity index (χ0n) is 15.2. The first-order valence-corrected chi connectivity index (χ1v) is 8.93. The number of amides is 1. The summed E-state index contributed by atoms with van der Waals surface area (Å²) in [5.74, 6) is 0. The summed E-state index contributed by atoms with van der Waals surface area (Å²) in [6.45, 7) is 7.77. The lowest BCUT2D eigenvalue weighted by Gasteiger charge is -2.36. The Kier molecular flexibility index (Phi) is 7.03. The predicted octanol–water partition coefficient (Wildman–Crippen LogP) is 4.17. The van der Waals surface area contributed by atoms with E-state index in [1.165, 1.54) is 6.42 Å². The highest BCUT2D eigenvalue weighted by molar-refractivity contribution is 5.68. The van der Waals surface area contributed by atoms with Crippen molar-refractivity contribution in [2.24, 2.45) is 0 Å². The molecule has 0 radical (unpaired) electrons. The van der Waals surface area contributed by atoms with E-state index < -0.39 is 5.60 Å². The normalized spacial score (nSPS) is 18.5. The zero-order chi connectivity index (χ0) is 17.4. The van der Waals surface area contributed by atoms with Gasteiger partial charge in [0, 0.05) is 25.4 Å². The maximum absolute atomic E-state index is 12.4. The minimum absolute atomic E-state index is 0.179. The third kappa shape index (κ3) is 6.48. The van der Waals surface area contributed by atoms with Crippen molar-refractivity contribution in [2.45, 2.75) is 71.1 Å². The van der Waals surface area contributed by atoms with Gasteiger partial charge in [0.15, 0.2) is 0 Å². The van der Waals surface area contributed by atoms with Crippen LogP contribution in [-0.2, 0) is 16.1 Å². The van der Waals surface area contributed by atoms with Crippen LogP contribution in [0.3, 0.4) is 0 Å². The molecule has 0 unspecified atom stereocenters. The first-order chi connectivity index (χ1) is 11.5. The summed E-state index contributed by atoms with van der Waals surface area (Å²) < 4.78 is 11.2. The summed E-state index contributed by atoms with van der Waals surface area (Å²) in [5, 5.41) is 0. The monoisotopic (exact) mass is 334 g/mol. The summed E-state index contributed by atoms with van der Waals surface area (Å²) in [7, 11) is 0. The van der Waals surface area contributed by atoms with E-state index in [9.17, 15) is 4.79 Å². The number of nitrogens with zero attached hydrogens (tertiary/aromatic N) is 2. The van der Waals surface area contributed by atoms with Crippen LogP contribution in [0.2, 0.25) is 0 Å². The Hall–Kier alpha value is -1.62. The minimum atomic E-state index is -0.440. The molecule has 0 bridgehead atoms. The van der Waals surface area contributed by atoms with Crippen LogP contribution in [-0.4, -0.2) is 40.8 Å². The Morgan fingerprint density at radius 3 is 2.88 bits per heavy atom. The molecule has 1 fully saturated rings. The molecule has 2 rings (SSSR count). The van der Waals surface area contributed by atoms with E-state index >= 15 is 0 Å². The summed E-state index contributed by atoms with van der Waals surface area (Å²) in [4.78, 5) is 18.5. The van der Waals surface area contributed by atoms with E-state index in [-0.39, 0.29) is 12.1 Å². The predicted molar refractivity (Wildman–Crippen MR) is 93.7 cm³/mol. The molecule has 1 aromatic rings. The van der Waals surface area contributed by atoms with Crippen LogP contribution in [0, 0.1) is 0 Å². The maximum atomic E-state index is 12.4. The number of rotatable bonds is 6. The molecule has 0 aliphatic carbocycles. The molecule has 0 N–H and O–H groups in total. The van der Waals surface area contributed by atoms with Crippen LogP contribution < -0.4 is 0 Å². The van der Waals surface area contributed by atoms with Crippen molar-refractivity contribution < 1.29 is 14.3 Å². The topological polar surface area (TPSA) is 51.7 Å². The standard InChI is InChI=1S/C19H30N2O3/c1-19(2,3)24-18(22)21-13-7-5-10-17(21)11-8-14-23-15-16-9-4-6-12-20-16/h4,6,9,12,17H,5,7-8,10-11,13-15H2,1-3H3/t17-/m1/s1. The fourth-order valence-electron chi connectivity index (χ4n) is 2.94. The lowest BCUT2D eigenvalue weighted by atomic mass is 9.98. The molecule has 1 aliphatic rings. The summed E-state index contributed by atoms with van der Waals surface area (Å²) in [5.41, 5.74) is 0.510. The van der Waals surface area contributed by atoms with Crippen LogP contribution in [0.1, 0.15) is 58.6 Å². The van der Waals surface area contributed by atoms with E-state index in [1.807, 2.05) is 43.9 Å². The summed E-state index contributed by atoms with van der Waals surface area (Å²) >= 11 is 0. The molecule has 0 saturated carbocycles. The van der Waals surface area contributed by atoms with Gasteiger partial charge in [0.05, 0.1) is 12.3 Å². The molecule has 1 saturated heterocycles. The molecule has 5 nitrogen and oxygen atoms in total. The average Bonchev–Trinajstić information content (AvgIpc) is 2.54. The lowest BCUT2D eigenvalue weighted by molar-refractivity contribution is 0.00724. The highest BCUT2D eigenvalue weighted by Gasteiger charge is 2.29. The van der Waals surface area contributed by atoms with E-state index in [0.29, 0.717) is 13.2 Å². The number of pyridine rings is 1. The number of ether oxygens (including phenoxy) is 2. The van der Waals surface area contributed by atoms with Crippen LogP contribution in [0.25, 0.3) is 0 Å². The molecule has 24 heavy (non-hydrogen) atoms. The minimum Gasteiger partial charge on any atom is -0.444 e. The first-order valence-electron chi connectivity index (χ1n) is 8.93. The van der Waals surface area contributed by atoms with E-state index in [2.05, 4.69) is 4.98 Å². The molecule has 1 aliphatic heterocycles. The van der Waals surface area contributed by atoms with Gasteiger partial charge < -0.3 is 14.4 Å². The average molecular weight is 334 g/mol. The number of hydrogen-bond acceptors (Lipinski definition) is 4. The van der Waals surface area contributed by atoms with Gasteiger partial charge in [-0.2, -0.15) is 0 Å². The van der Waals surface area contributed by atoms with Gasteiger partial charge >= 0.3 is 6.09 Å². The van der Waals surface area contributed by atoms with Crippen molar-refractivity contribution in [1.82, 2.24) is 9.88 Å². The smallest absolute Gasteiger partial charge is 0.410 e. The fourth-order valence-corrected chi connectivity index (χ4v) is 2.94. The SMILES string of the molecule is CC(C)(C)OC(=O)N1CCCC[C@@H]1CCCOCc1ccccn1. The number of carbonyl (C=O) groups excluding carboxylic acids is 1. The highest BCUT2D eigenvalue weighted by Crippen LogP contribution is 2.23. The summed E-state index contributed by atoms with van der Waals surface area (Å²) in [6, 6.07) is 6.10. The number of hydrogen-bond donors (Lipinski definition) is 0. The van der Waals surface area contributed by atoms with Crippen LogP contribution >= 0.6 is 0 Å². The van der Waals surface area contributed by atoms with Crippen LogP contribution in [0.15, 0.2) is 24.4 Å². The van der Waals surface area contributed by atoms with Crippen molar-refractivity contribution in [3.8, 4) is 0 Å². The van der Waals surface area contributed by atoms with Crippen molar-refractivity contribution in [3.05, 3.63) is 30.1 Å². The maximum Gasteiger partial charge on any atom is 0.410 e. The molecule has 134 valence electrons. The van der Waals surface area contributed by atoms with Crippen molar-refractivity contribution >= 4 is 6.09 Å². The van der Waals surface area contributed by atoms with E-state index in [4.69, 9.17) is 9.47 Å². The number of likely N-dealkylation sites (tertiary alicyclic amines) is 1. The van der Waals surface area contributed by atoms with Gasteiger partial charge in [0.1, 0.15) is 5.60 Å². The van der Waals surface area contributed by atoms with Gasteiger partial charge in [-0.25, -0.2) is 4.79 Å². The molecular formula is C19H30N2O3. The Morgan fingerprint density at radius 1 is 1.33 bits per heavy atom. The van der Waals surface area contributed by atoms with E-state index in [1.54, 1.807) is 6.20 Å². The fraction of sp³-hybridized carbons (Fsp3) is 0.684. The Bertz CT molecular complexity index is 499. The van der Waals surface area contributed by atoms with Gasteiger partial charge in [-0.3, -0.25) is 4.98 Å². The van der Waals surface area contributed by atoms with Crippen molar-refractivity contribution in [2.75, 3.05) is 13.2 Å². The summed E-state index contributed by atoms with van der Waals surface area (Å²) in [6.07, 6.45) is 6.79. The number of aromatic nitrogens is 1. The molecule has 5 heteroatoms. The van der Waals surface area contributed by atoms with Crippen LogP contribution in [0.5, 0.6) is 0 Å². The Labute approximate surface area is 145 Å². The van der Waals surface area contributed by atoms with Gasteiger partial charge in [0.2, 0.25) is 0 Å². The van der Waals surface area contributed by atoms with Gasteiger partial charge in [-0.15, -0.1) is 0 Å². The second kappa shape index (κ2) is 9.02. The largest absolute Gasteiger partial charge is 0.444 e. The van der Waals surface area contributed by atoms with Crippen LogP contribution in [0.4, 0.5) is 4.79 Å². The zero-order valence-corrected chi connectivity index (χ0v) is 15.2. The molecule has 0 spiro atoms. The molecule has 2 heterocycles. The van der Waals surface area contributed by atoms with Crippen molar-refractivity contribution in [1.29, 1.82) is 0 Å². The highest BCUT2D eigenvalue weighted by atomic mass is 16.6. The third-order valence-corrected chi connectivity index (χ3v) is 4.06. The molecule has 1 aromatic heterocycles. The third-order valence-electron chi connectivity index (χ3n) is 4.06. The number of piperidine rings is 1. The molecule has 1 atom stereocenters. The first kappa shape index (κ1) is 18.7. The van der Waals surface area contributed by atoms with Gasteiger partial charge in [-0.05, 0) is 65.0 Å². The van der Waals surface area contributed by atoms with Gasteiger partial charge in [-0.1, -0.05) is 6.07 Å². The van der Waals surface area contributed by atoms with Gasteiger partial charge in [0.25, 0.3) is 0 Å². The lowest BCUT2D eigenvalue weighted by Crippen LogP contribution is -2.46. The molecular weight excluding hydrogens is 304 g/mol. The van der Waals surface area contributed by atoms with E-state index in [0.717, 1.165) is 37.9 Å². The second-order valence-electron chi connectivity index (χ2n) is 7.34.